The number of hydrogen-bond donors (Lipinski definition) is 2. The van der Waals surface area contributed by atoms with Crippen molar-refractivity contribution < 1.29 is 4.79 Å². The van der Waals surface area contributed by atoms with Crippen molar-refractivity contribution in [3.05, 3.63) is 27.7 Å². The molecule has 116 valence electrons. The number of anilines is 1. The van der Waals surface area contributed by atoms with Crippen molar-refractivity contribution in [1.82, 2.24) is 4.90 Å². The number of nitrogen functional groups attached to an aromatic ring is 1. The molecule has 0 unspecified atom stereocenters. The second-order valence-electron chi connectivity index (χ2n) is 5.75. The van der Waals surface area contributed by atoms with Crippen molar-refractivity contribution >= 4 is 27.5 Å². The van der Waals surface area contributed by atoms with Crippen LogP contribution in [0.5, 0.6) is 0 Å². The van der Waals surface area contributed by atoms with E-state index in [-0.39, 0.29) is 0 Å². The lowest BCUT2D eigenvalue weighted by molar-refractivity contribution is 0.1000. The van der Waals surface area contributed by atoms with E-state index in [2.05, 4.69) is 27.8 Å². The van der Waals surface area contributed by atoms with Gasteiger partial charge in [0.05, 0.1) is 5.69 Å². The van der Waals surface area contributed by atoms with Crippen LogP contribution in [-0.2, 0) is 6.54 Å². The van der Waals surface area contributed by atoms with Gasteiger partial charge in [-0.15, -0.1) is 0 Å². The van der Waals surface area contributed by atoms with Crippen LogP contribution in [0.1, 0.15) is 54.9 Å². The molecule has 0 atom stereocenters. The lowest BCUT2D eigenvalue weighted by atomic mass is 9.93. The Morgan fingerprint density at radius 1 is 1.33 bits per heavy atom. The van der Waals surface area contributed by atoms with E-state index < -0.39 is 5.91 Å². The third kappa shape index (κ3) is 3.98. The van der Waals surface area contributed by atoms with Gasteiger partial charge in [-0.3, -0.25) is 9.69 Å². The van der Waals surface area contributed by atoms with Crippen LogP contribution in [-0.4, -0.2) is 23.4 Å². The number of rotatable bonds is 5. The second-order valence-corrected chi connectivity index (χ2v) is 6.60. The van der Waals surface area contributed by atoms with Gasteiger partial charge < -0.3 is 11.5 Å². The number of carbonyl (C=O) groups excluding carboxylic acids is 1. The predicted octanol–water partition coefficient (Wildman–Crippen LogP) is 3.28. The smallest absolute Gasteiger partial charge is 0.248 e. The Hall–Kier alpha value is -1.07. The molecule has 0 aromatic heterocycles. The first-order chi connectivity index (χ1) is 10.0. The average Bonchev–Trinajstić information content (AvgIpc) is 2.49. The number of halogens is 1. The van der Waals surface area contributed by atoms with Gasteiger partial charge in [0.1, 0.15) is 0 Å². The second kappa shape index (κ2) is 7.27. The fraction of sp³-hybridized carbons (Fsp3) is 0.562. The quantitative estimate of drug-likeness (QED) is 0.797. The molecule has 1 amide bonds. The van der Waals surface area contributed by atoms with E-state index in [1.54, 1.807) is 6.07 Å². The Labute approximate surface area is 135 Å². The number of primary amides is 1. The molecule has 1 fully saturated rings. The van der Waals surface area contributed by atoms with Gasteiger partial charge in [0.25, 0.3) is 0 Å². The molecule has 2 rings (SSSR count). The van der Waals surface area contributed by atoms with Crippen molar-refractivity contribution in [3.8, 4) is 0 Å². The van der Waals surface area contributed by atoms with Crippen LogP contribution in [0.2, 0.25) is 0 Å². The highest BCUT2D eigenvalue weighted by Crippen LogP contribution is 2.29. The summed E-state index contributed by atoms with van der Waals surface area (Å²) in [6, 6.07) is 4.14. The molecule has 1 aromatic rings. The maximum atomic E-state index is 11.4. The molecule has 0 radical (unpaired) electrons. The number of nitrogens with two attached hydrogens (primary N) is 2. The first-order valence-electron chi connectivity index (χ1n) is 7.64. The summed E-state index contributed by atoms with van der Waals surface area (Å²) in [5.41, 5.74) is 13.7. The van der Waals surface area contributed by atoms with Crippen LogP contribution < -0.4 is 11.5 Å². The summed E-state index contributed by atoms with van der Waals surface area (Å²) in [4.78, 5) is 13.9. The first kappa shape index (κ1) is 16.3. The summed E-state index contributed by atoms with van der Waals surface area (Å²) < 4.78 is 0.744. The molecule has 0 aliphatic heterocycles. The Bertz CT molecular complexity index is 512. The molecule has 4 N–H and O–H groups in total. The molecule has 0 bridgehead atoms. The molecular formula is C16H24BrN3O. The summed E-state index contributed by atoms with van der Waals surface area (Å²) >= 11 is 3.42. The lowest BCUT2D eigenvalue weighted by Gasteiger charge is -2.34. The summed E-state index contributed by atoms with van der Waals surface area (Å²) in [6.45, 7) is 3.94. The van der Waals surface area contributed by atoms with Crippen molar-refractivity contribution in [2.24, 2.45) is 5.73 Å². The molecule has 1 aromatic carbocycles. The fourth-order valence-electron chi connectivity index (χ4n) is 3.11. The maximum absolute atomic E-state index is 11.4. The van der Waals surface area contributed by atoms with Crippen LogP contribution in [0.25, 0.3) is 0 Å². The van der Waals surface area contributed by atoms with E-state index in [1.165, 1.54) is 32.1 Å². The molecule has 21 heavy (non-hydrogen) atoms. The number of benzene rings is 1. The van der Waals surface area contributed by atoms with E-state index in [0.29, 0.717) is 17.3 Å². The average molecular weight is 354 g/mol. The topological polar surface area (TPSA) is 72.3 Å². The van der Waals surface area contributed by atoms with Gasteiger partial charge in [0.2, 0.25) is 5.91 Å². The summed E-state index contributed by atoms with van der Waals surface area (Å²) in [5, 5.41) is 0. The highest BCUT2D eigenvalue weighted by molar-refractivity contribution is 9.10. The minimum atomic E-state index is -0.419. The highest BCUT2D eigenvalue weighted by Gasteiger charge is 2.21. The third-order valence-electron chi connectivity index (χ3n) is 4.37. The molecule has 0 heterocycles. The largest absolute Gasteiger partial charge is 0.398 e. The Balaban J connectivity index is 2.21. The Morgan fingerprint density at radius 3 is 2.57 bits per heavy atom. The van der Waals surface area contributed by atoms with Gasteiger partial charge in [-0.05, 0) is 53.0 Å². The number of nitrogens with zero attached hydrogens (tertiary/aromatic N) is 1. The molecular weight excluding hydrogens is 330 g/mol. The van der Waals surface area contributed by atoms with Crippen LogP contribution in [0.15, 0.2) is 16.6 Å². The SMILES string of the molecule is CCN(Cc1cc(C(N)=O)cc(Br)c1N)C1CCCCC1. The summed E-state index contributed by atoms with van der Waals surface area (Å²) in [6.07, 6.45) is 6.47. The molecule has 5 heteroatoms. The molecule has 0 saturated heterocycles. The van der Waals surface area contributed by atoms with Crippen molar-refractivity contribution in [1.29, 1.82) is 0 Å². The van der Waals surface area contributed by atoms with Gasteiger partial charge in [0.15, 0.2) is 0 Å². The standard InChI is InChI=1S/C16H24BrN3O/c1-2-20(13-6-4-3-5-7-13)10-12-8-11(16(19)21)9-14(17)15(12)18/h8-9,13H,2-7,10,18H2,1H3,(H2,19,21). The minimum absolute atomic E-state index is 0.419. The molecule has 1 aliphatic carbocycles. The van der Waals surface area contributed by atoms with Crippen molar-refractivity contribution in [2.75, 3.05) is 12.3 Å². The van der Waals surface area contributed by atoms with Crippen LogP contribution in [0.3, 0.4) is 0 Å². The predicted molar refractivity (Wildman–Crippen MR) is 90.0 cm³/mol. The maximum Gasteiger partial charge on any atom is 0.248 e. The Kier molecular flexibility index (Phi) is 5.65. The van der Waals surface area contributed by atoms with Gasteiger partial charge in [-0.2, -0.15) is 0 Å². The summed E-state index contributed by atoms with van der Waals surface area (Å²) in [5.74, 6) is -0.419. The van der Waals surface area contributed by atoms with Gasteiger partial charge >= 0.3 is 0 Å². The normalized spacial score (nSPS) is 16.3. The van der Waals surface area contributed by atoms with Crippen LogP contribution in [0, 0.1) is 0 Å². The van der Waals surface area contributed by atoms with Gasteiger partial charge in [0, 0.05) is 22.6 Å². The van der Waals surface area contributed by atoms with Gasteiger partial charge in [-0.25, -0.2) is 0 Å². The lowest BCUT2D eigenvalue weighted by Crippen LogP contribution is -2.36. The van der Waals surface area contributed by atoms with E-state index in [0.717, 1.165) is 23.1 Å². The van der Waals surface area contributed by atoms with Crippen molar-refractivity contribution in [2.45, 2.75) is 51.6 Å². The first-order valence-corrected chi connectivity index (χ1v) is 8.44. The minimum Gasteiger partial charge on any atom is -0.398 e. The Morgan fingerprint density at radius 2 is 2.00 bits per heavy atom. The third-order valence-corrected chi connectivity index (χ3v) is 5.03. The molecule has 4 nitrogen and oxygen atoms in total. The molecule has 1 saturated carbocycles. The van der Waals surface area contributed by atoms with E-state index in [4.69, 9.17) is 11.5 Å². The zero-order valence-corrected chi connectivity index (χ0v) is 14.2. The molecule has 1 aliphatic rings. The summed E-state index contributed by atoms with van der Waals surface area (Å²) in [7, 11) is 0. The molecule has 0 spiro atoms. The van der Waals surface area contributed by atoms with Crippen LogP contribution >= 0.6 is 15.9 Å². The van der Waals surface area contributed by atoms with E-state index in [9.17, 15) is 4.79 Å². The van der Waals surface area contributed by atoms with Gasteiger partial charge in [-0.1, -0.05) is 26.2 Å². The van der Waals surface area contributed by atoms with E-state index >= 15 is 0 Å². The number of hydrogen-bond acceptors (Lipinski definition) is 3. The van der Waals surface area contributed by atoms with Crippen molar-refractivity contribution in [3.63, 3.8) is 0 Å². The number of carbonyl (C=O) groups is 1. The fourth-order valence-corrected chi connectivity index (χ4v) is 3.61. The van der Waals surface area contributed by atoms with E-state index in [1.807, 2.05) is 6.07 Å². The zero-order valence-electron chi connectivity index (χ0n) is 12.6. The highest BCUT2D eigenvalue weighted by atomic mass is 79.9. The zero-order chi connectivity index (χ0) is 15.4. The van der Waals surface area contributed by atoms with Crippen LogP contribution in [0.4, 0.5) is 5.69 Å². The monoisotopic (exact) mass is 353 g/mol. The number of amides is 1.